The summed E-state index contributed by atoms with van der Waals surface area (Å²) in [5.74, 6) is -0.323. The average molecular weight is 515 g/mol. The van der Waals surface area contributed by atoms with Gasteiger partial charge in [-0.2, -0.15) is 13.2 Å². The summed E-state index contributed by atoms with van der Waals surface area (Å²) < 4.78 is 40.1. The van der Waals surface area contributed by atoms with Crippen LogP contribution in [0.15, 0.2) is 42.9 Å². The molecule has 3 heterocycles. The molecule has 8 nitrogen and oxygen atoms in total. The molecular weight excluding hydrogens is 485 g/mol. The highest BCUT2D eigenvalue weighted by Gasteiger charge is 2.42. The van der Waals surface area contributed by atoms with Crippen LogP contribution in [0, 0.1) is 6.92 Å². The summed E-state index contributed by atoms with van der Waals surface area (Å²) in [5.41, 5.74) is 5.91. The number of pyridine rings is 1. The van der Waals surface area contributed by atoms with E-state index >= 15 is 0 Å². The number of fused-ring (bicyclic) bond motifs is 1. The van der Waals surface area contributed by atoms with Gasteiger partial charge in [0.05, 0.1) is 29.3 Å². The first-order valence-electron chi connectivity index (χ1n) is 12.3. The molecule has 1 aromatic carbocycles. The molecule has 1 aliphatic heterocycles. The van der Waals surface area contributed by atoms with Gasteiger partial charge in [0, 0.05) is 42.0 Å². The molecule has 3 N–H and O–H groups in total. The standard InChI is InChI=1S/C26H29F3N6O2/c1-16-2-3-18(11-31-16)25(37)8-6-19(7-9-25)34-12-20(13-34)35(14-23(30)36)24-21-10-17(26(27,28)29)4-5-22(21)32-15-33-24/h2-5,10-11,15,19-20,37H,6-9,12-14H2,1H3,(H2,30,36). The highest BCUT2D eigenvalue weighted by molar-refractivity contribution is 5.92. The molecule has 0 atom stereocenters. The largest absolute Gasteiger partial charge is 0.416 e. The molecule has 0 radical (unpaired) electrons. The first kappa shape index (κ1) is 25.3. The molecule has 11 heteroatoms. The number of aryl methyl sites for hydroxylation is 1. The number of carbonyl (C=O) groups is 1. The summed E-state index contributed by atoms with van der Waals surface area (Å²) in [7, 11) is 0. The number of anilines is 1. The zero-order valence-electron chi connectivity index (χ0n) is 20.4. The molecule has 0 unspecified atom stereocenters. The number of likely N-dealkylation sites (tertiary alicyclic amines) is 1. The number of alkyl halides is 3. The minimum absolute atomic E-state index is 0.137. The van der Waals surface area contributed by atoms with Gasteiger partial charge in [-0.05, 0) is 56.9 Å². The van der Waals surface area contributed by atoms with Crippen molar-refractivity contribution in [3.8, 4) is 0 Å². The number of nitrogens with two attached hydrogens (primary N) is 1. The van der Waals surface area contributed by atoms with E-state index in [1.54, 1.807) is 11.1 Å². The Morgan fingerprint density at radius 1 is 1.16 bits per heavy atom. The number of hydrogen-bond donors (Lipinski definition) is 2. The van der Waals surface area contributed by atoms with Crippen LogP contribution in [0.25, 0.3) is 10.9 Å². The van der Waals surface area contributed by atoms with Crippen LogP contribution in [-0.2, 0) is 16.6 Å². The topological polar surface area (TPSA) is 108 Å². The number of primary amides is 1. The Kier molecular flexibility index (Phi) is 6.53. The Morgan fingerprint density at radius 3 is 2.51 bits per heavy atom. The highest BCUT2D eigenvalue weighted by Crippen LogP contribution is 2.40. The predicted octanol–water partition coefficient (Wildman–Crippen LogP) is 3.16. The molecule has 5 rings (SSSR count). The van der Waals surface area contributed by atoms with Crippen LogP contribution in [-0.4, -0.2) is 62.6 Å². The van der Waals surface area contributed by atoms with Crippen molar-refractivity contribution >= 4 is 22.6 Å². The van der Waals surface area contributed by atoms with Gasteiger partial charge in [-0.3, -0.25) is 14.7 Å². The maximum absolute atomic E-state index is 13.4. The maximum Gasteiger partial charge on any atom is 0.416 e. The lowest BCUT2D eigenvalue weighted by Gasteiger charge is -2.51. The van der Waals surface area contributed by atoms with Gasteiger partial charge >= 0.3 is 6.18 Å². The van der Waals surface area contributed by atoms with Crippen molar-refractivity contribution in [2.45, 2.75) is 56.5 Å². The van der Waals surface area contributed by atoms with E-state index in [1.807, 2.05) is 19.1 Å². The molecular formula is C26H29F3N6O2. The molecule has 1 saturated carbocycles. The third-order valence-electron chi connectivity index (χ3n) is 7.62. The van der Waals surface area contributed by atoms with Crippen molar-refractivity contribution < 1.29 is 23.1 Å². The summed E-state index contributed by atoms with van der Waals surface area (Å²) in [6.45, 7) is 2.98. The second-order valence-electron chi connectivity index (χ2n) is 10.1. The van der Waals surface area contributed by atoms with Crippen molar-refractivity contribution in [3.63, 3.8) is 0 Å². The van der Waals surface area contributed by atoms with Gasteiger partial charge in [0.1, 0.15) is 12.1 Å². The lowest BCUT2D eigenvalue weighted by molar-refractivity contribution is -0.137. The Morgan fingerprint density at radius 2 is 1.89 bits per heavy atom. The van der Waals surface area contributed by atoms with Gasteiger partial charge in [-0.25, -0.2) is 9.97 Å². The van der Waals surface area contributed by atoms with Gasteiger partial charge in [-0.1, -0.05) is 6.07 Å². The molecule has 1 aliphatic carbocycles. The molecule has 1 amide bonds. The summed E-state index contributed by atoms with van der Waals surface area (Å²) in [5, 5.41) is 11.4. The molecule has 0 spiro atoms. The molecule has 2 fully saturated rings. The minimum atomic E-state index is -4.51. The van der Waals surface area contributed by atoms with Crippen LogP contribution in [0.3, 0.4) is 0 Å². The molecule has 37 heavy (non-hydrogen) atoms. The van der Waals surface area contributed by atoms with E-state index in [-0.39, 0.29) is 29.8 Å². The van der Waals surface area contributed by atoms with Crippen molar-refractivity contribution in [2.75, 3.05) is 24.5 Å². The van der Waals surface area contributed by atoms with Gasteiger partial charge < -0.3 is 15.7 Å². The van der Waals surface area contributed by atoms with Crippen LogP contribution >= 0.6 is 0 Å². The third kappa shape index (κ3) is 5.10. The smallest absolute Gasteiger partial charge is 0.385 e. The quantitative estimate of drug-likeness (QED) is 0.520. The van der Waals surface area contributed by atoms with E-state index in [0.717, 1.165) is 36.2 Å². The number of benzene rings is 1. The van der Waals surface area contributed by atoms with Gasteiger partial charge in [0.15, 0.2) is 0 Å². The molecule has 2 aromatic heterocycles. The molecule has 196 valence electrons. The number of hydrogen-bond acceptors (Lipinski definition) is 7. The monoisotopic (exact) mass is 514 g/mol. The predicted molar refractivity (Wildman–Crippen MR) is 132 cm³/mol. The number of aromatic nitrogens is 3. The van der Waals surface area contributed by atoms with Crippen molar-refractivity contribution in [1.29, 1.82) is 0 Å². The number of halogens is 3. The van der Waals surface area contributed by atoms with Gasteiger partial charge in [0.25, 0.3) is 0 Å². The number of nitrogens with zero attached hydrogens (tertiary/aromatic N) is 5. The first-order chi connectivity index (χ1) is 17.5. The van der Waals surface area contributed by atoms with Crippen molar-refractivity contribution in [3.05, 3.63) is 59.7 Å². The third-order valence-corrected chi connectivity index (χ3v) is 7.62. The number of carbonyl (C=O) groups excluding carboxylic acids is 1. The molecule has 3 aromatic rings. The van der Waals surface area contributed by atoms with Gasteiger partial charge in [0.2, 0.25) is 5.91 Å². The highest BCUT2D eigenvalue weighted by atomic mass is 19.4. The Labute approximate surface area is 212 Å². The molecule has 1 saturated heterocycles. The van der Waals surface area contributed by atoms with Crippen LogP contribution < -0.4 is 10.6 Å². The summed E-state index contributed by atoms with van der Waals surface area (Å²) in [6.07, 6.45) is 1.36. The lowest BCUT2D eigenvalue weighted by atomic mass is 9.77. The number of amides is 1. The lowest BCUT2D eigenvalue weighted by Crippen LogP contribution is -2.64. The summed E-state index contributed by atoms with van der Waals surface area (Å²) in [6, 6.07) is 7.29. The van der Waals surface area contributed by atoms with E-state index in [9.17, 15) is 23.1 Å². The Bertz CT molecular complexity index is 1290. The zero-order chi connectivity index (χ0) is 26.4. The fraction of sp³-hybridized carbons (Fsp3) is 0.462. The van der Waals surface area contributed by atoms with E-state index in [1.165, 1.54) is 12.4 Å². The fourth-order valence-corrected chi connectivity index (χ4v) is 5.45. The first-order valence-corrected chi connectivity index (χ1v) is 12.3. The second kappa shape index (κ2) is 9.53. The van der Waals surface area contributed by atoms with Crippen LogP contribution in [0.5, 0.6) is 0 Å². The number of rotatable bonds is 6. The maximum atomic E-state index is 13.4. The Balaban J connectivity index is 1.30. The van der Waals surface area contributed by atoms with Crippen LogP contribution in [0.2, 0.25) is 0 Å². The second-order valence-corrected chi connectivity index (χ2v) is 10.1. The molecule has 0 bridgehead atoms. The average Bonchev–Trinajstić information content (AvgIpc) is 2.82. The number of aliphatic hydroxyl groups is 1. The van der Waals surface area contributed by atoms with Crippen molar-refractivity contribution in [1.82, 2.24) is 19.9 Å². The molecule has 2 aliphatic rings. The summed E-state index contributed by atoms with van der Waals surface area (Å²) >= 11 is 0. The minimum Gasteiger partial charge on any atom is -0.385 e. The van der Waals surface area contributed by atoms with E-state index < -0.39 is 23.2 Å². The van der Waals surface area contributed by atoms with E-state index in [0.29, 0.717) is 31.4 Å². The van der Waals surface area contributed by atoms with E-state index in [2.05, 4.69) is 19.9 Å². The van der Waals surface area contributed by atoms with E-state index in [4.69, 9.17) is 5.73 Å². The zero-order valence-corrected chi connectivity index (χ0v) is 20.4. The SMILES string of the molecule is Cc1ccc(C2(O)CCC(N3CC(N(CC(N)=O)c4ncnc5ccc(C(F)(F)F)cc45)C3)CC2)cn1. The normalized spacial score (nSPS) is 23.1. The fourth-order valence-electron chi connectivity index (χ4n) is 5.45. The van der Waals surface area contributed by atoms with Gasteiger partial charge in [-0.15, -0.1) is 0 Å². The van der Waals surface area contributed by atoms with Crippen LogP contribution in [0.1, 0.15) is 42.5 Å². The van der Waals surface area contributed by atoms with Crippen molar-refractivity contribution in [2.24, 2.45) is 5.73 Å². The summed E-state index contributed by atoms with van der Waals surface area (Å²) in [4.78, 5) is 28.6. The Hall–Kier alpha value is -3.31. The van der Waals surface area contributed by atoms with Crippen LogP contribution in [0.4, 0.5) is 19.0 Å².